The first-order valence-electron chi connectivity index (χ1n) is 8.40. The molecule has 2 nitrogen and oxygen atoms in total. The third-order valence-corrected chi connectivity index (χ3v) is 5.29. The Morgan fingerprint density at radius 2 is 1.95 bits per heavy atom. The van der Waals surface area contributed by atoms with Crippen LogP contribution in [-0.2, 0) is 5.41 Å². The van der Waals surface area contributed by atoms with Crippen LogP contribution in [0.3, 0.4) is 0 Å². The fraction of sp³-hybridized carbons (Fsp3) is 0.684. The third kappa shape index (κ3) is 3.42. The molecule has 1 aromatic rings. The molecule has 1 aliphatic carbocycles. The highest BCUT2D eigenvalue weighted by Crippen LogP contribution is 2.44. The highest BCUT2D eigenvalue weighted by atomic mass is 16.5. The molecular weight excluding hydrogens is 258 g/mol. The van der Waals surface area contributed by atoms with Crippen LogP contribution in [0.5, 0.6) is 5.75 Å². The zero-order chi connectivity index (χ0) is 15.5. The molecule has 2 heteroatoms. The summed E-state index contributed by atoms with van der Waals surface area (Å²) in [7, 11) is 2.11. The number of rotatable bonds is 5. The minimum Gasteiger partial charge on any atom is -0.494 e. The summed E-state index contributed by atoms with van der Waals surface area (Å²) in [6.45, 7) is 9.93. The predicted octanol–water partition coefficient (Wildman–Crippen LogP) is 4.39. The van der Waals surface area contributed by atoms with E-state index in [4.69, 9.17) is 4.74 Å². The SMILES string of the molecule is CCOc1ccccc1C(C)(C)C1CCC(C)CC1NC. The zero-order valence-corrected chi connectivity index (χ0v) is 14.3. The number of benzene rings is 1. The van der Waals surface area contributed by atoms with Gasteiger partial charge in [0, 0.05) is 11.6 Å². The van der Waals surface area contributed by atoms with Crippen molar-refractivity contribution >= 4 is 0 Å². The molecular formula is C19H31NO. The summed E-state index contributed by atoms with van der Waals surface area (Å²) < 4.78 is 5.88. The standard InChI is InChI=1S/C19H31NO/c1-6-21-18-10-8-7-9-16(18)19(3,4)15-12-11-14(2)13-17(15)20-5/h7-10,14-15,17,20H,6,11-13H2,1-5H3. The second-order valence-electron chi connectivity index (χ2n) is 7.07. The lowest BCUT2D eigenvalue weighted by molar-refractivity contribution is 0.148. The molecule has 0 aliphatic heterocycles. The van der Waals surface area contributed by atoms with Crippen molar-refractivity contribution < 1.29 is 4.74 Å². The molecule has 1 aliphatic rings. The molecule has 1 saturated carbocycles. The van der Waals surface area contributed by atoms with Crippen LogP contribution in [0.15, 0.2) is 24.3 Å². The van der Waals surface area contributed by atoms with Crippen molar-refractivity contribution in [2.75, 3.05) is 13.7 Å². The van der Waals surface area contributed by atoms with Gasteiger partial charge in [-0.25, -0.2) is 0 Å². The van der Waals surface area contributed by atoms with E-state index < -0.39 is 0 Å². The average Bonchev–Trinajstić information content (AvgIpc) is 2.47. The van der Waals surface area contributed by atoms with Crippen LogP contribution in [0.25, 0.3) is 0 Å². The van der Waals surface area contributed by atoms with Crippen LogP contribution >= 0.6 is 0 Å². The molecule has 2 rings (SSSR count). The van der Waals surface area contributed by atoms with Crippen molar-refractivity contribution in [2.24, 2.45) is 11.8 Å². The van der Waals surface area contributed by atoms with Crippen LogP contribution in [0.2, 0.25) is 0 Å². The molecule has 1 aromatic carbocycles. The van der Waals surface area contributed by atoms with E-state index in [0.717, 1.165) is 18.3 Å². The Morgan fingerprint density at radius 1 is 1.24 bits per heavy atom. The lowest BCUT2D eigenvalue weighted by Crippen LogP contribution is -2.47. The first kappa shape index (κ1) is 16.4. The molecule has 0 heterocycles. The maximum absolute atomic E-state index is 5.88. The summed E-state index contributed by atoms with van der Waals surface area (Å²) in [6.07, 6.45) is 3.91. The maximum Gasteiger partial charge on any atom is 0.123 e. The number of para-hydroxylation sites is 1. The minimum atomic E-state index is 0.125. The van der Waals surface area contributed by atoms with E-state index in [1.165, 1.54) is 24.8 Å². The summed E-state index contributed by atoms with van der Waals surface area (Å²) in [5, 5.41) is 3.57. The molecule has 0 saturated heterocycles. The second kappa shape index (κ2) is 6.83. The largest absolute Gasteiger partial charge is 0.494 e. The van der Waals surface area contributed by atoms with Gasteiger partial charge in [-0.3, -0.25) is 0 Å². The highest BCUT2D eigenvalue weighted by molar-refractivity contribution is 5.39. The second-order valence-corrected chi connectivity index (χ2v) is 7.07. The Bertz CT molecular complexity index is 455. The van der Waals surface area contributed by atoms with E-state index in [1.54, 1.807) is 0 Å². The van der Waals surface area contributed by atoms with Crippen molar-refractivity contribution in [3.05, 3.63) is 29.8 Å². The van der Waals surface area contributed by atoms with Gasteiger partial charge in [0.15, 0.2) is 0 Å². The van der Waals surface area contributed by atoms with Gasteiger partial charge in [0.25, 0.3) is 0 Å². The smallest absolute Gasteiger partial charge is 0.123 e. The Morgan fingerprint density at radius 3 is 2.62 bits per heavy atom. The first-order chi connectivity index (χ1) is 10.0. The summed E-state index contributed by atoms with van der Waals surface area (Å²) in [6, 6.07) is 9.16. The lowest BCUT2D eigenvalue weighted by atomic mass is 9.63. The van der Waals surface area contributed by atoms with Gasteiger partial charge in [0.2, 0.25) is 0 Å². The Hall–Kier alpha value is -1.02. The van der Waals surface area contributed by atoms with Gasteiger partial charge in [-0.1, -0.05) is 45.4 Å². The van der Waals surface area contributed by atoms with Crippen LogP contribution in [-0.4, -0.2) is 19.7 Å². The van der Waals surface area contributed by atoms with Crippen molar-refractivity contribution in [3.63, 3.8) is 0 Å². The van der Waals surface area contributed by atoms with Crippen molar-refractivity contribution in [2.45, 2.75) is 58.4 Å². The van der Waals surface area contributed by atoms with Gasteiger partial charge in [0.1, 0.15) is 5.75 Å². The van der Waals surface area contributed by atoms with Crippen molar-refractivity contribution in [1.29, 1.82) is 0 Å². The molecule has 118 valence electrons. The van der Waals surface area contributed by atoms with Gasteiger partial charge >= 0.3 is 0 Å². The van der Waals surface area contributed by atoms with Gasteiger partial charge in [-0.15, -0.1) is 0 Å². The molecule has 1 N–H and O–H groups in total. The Balaban J connectivity index is 2.32. The highest BCUT2D eigenvalue weighted by Gasteiger charge is 2.40. The van der Waals surface area contributed by atoms with Crippen molar-refractivity contribution in [1.82, 2.24) is 5.32 Å². The number of nitrogens with one attached hydrogen (secondary N) is 1. The third-order valence-electron chi connectivity index (χ3n) is 5.29. The molecule has 0 radical (unpaired) electrons. The molecule has 0 amide bonds. The van der Waals surface area contributed by atoms with Crippen LogP contribution < -0.4 is 10.1 Å². The van der Waals surface area contributed by atoms with Crippen molar-refractivity contribution in [3.8, 4) is 5.75 Å². The molecule has 1 fully saturated rings. The summed E-state index contributed by atoms with van der Waals surface area (Å²) in [5.74, 6) is 2.54. The van der Waals surface area contributed by atoms with E-state index in [2.05, 4.69) is 64.3 Å². The van der Waals surface area contributed by atoms with Gasteiger partial charge in [0.05, 0.1) is 6.61 Å². The topological polar surface area (TPSA) is 21.3 Å². The number of hydrogen-bond acceptors (Lipinski definition) is 2. The van der Waals surface area contributed by atoms with Crippen LogP contribution in [0.1, 0.15) is 52.5 Å². The van der Waals surface area contributed by atoms with Gasteiger partial charge in [-0.05, 0) is 50.1 Å². The lowest BCUT2D eigenvalue weighted by Gasteiger charge is -2.45. The predicted molar refractivity (Wildman–Crippen MR) is 90.0 cm³/mol. The van der Waals surface area contributed by atoms with E-state index in [9.17, 15) is 0 Å². The van der Waals surface area contributed by atoms with Gasteiger partial charge < -0.3 is 10.1 Å². The molecule has 3 atom stereocenters. The molecule has 3 unspecified atom stereocenters. The van der Waals surface area contributed by atoms with E-state index in [1.807, 2.05) is 0 Å². The summed E-state index contributed by atoms with van der Waals surface area (Å²) >= 11 is 0. The molecule has 0 bridgehead atoms. The molecule has 0 aromatic heterocycles. The number of ether oxygens (including phenoxy) is 1. The molecule has 21 heavy (non-hydrogen) atoms. The minimum absolute atomic E-state index is 0.125. The van der Waals surface area contributed by atoms with E-state index >= 15 is 0 Å². The summed E-state index contributed by atoms with van der Waals surface area (Å²) in [4.78, 5) is 0. The van der Waals surface area contributed by atoms with Crippen LogP contribution in [0, 0.1) is 11.8 Å². The Kier molecular flexibility index (Phi) is 5.32. The van der Waals surface area contributed by atoms with Crippen LogP contribution in [0.4, 0.5) is 0 Å². The summed E-state index contributed by atoms with van der Waals surface area (Å²) in [5.41, 5.74) is 1.48. The Labute approximate surface area is 130 Å². The maximum atomic E-state index is 5.88. The fourth-order valence-electron chi connectivity index (χ4n) is 4.04. The zero-order valence-electron chi connectivity index (χ0n) is 14.3. The van der Waals surface area contributed by atoms with E-state index in [0.29, 0.717) is 12.0 Å². The monoisotopic (exact) mass is 289 g/mol. The van der Waals surface area contributed by atoms with Gasteiger partial charge in [-0.2, -0.15) is 0 Å². The normalized spacial score (nSPS) is 26.6. The fourth-order valence-corrected chi connectivity index (χ4v) is 4.04. The number of hydrogen-bond donors (Lipinski definition) is 1. The van der Waals surface area contributed by atoms with E-state index in [-0.39, 0.29) is 5.41 Å². The average molecular weight is 289 g/mol. The quantitative estimate of drug-likeness (QED) is 0.868. The first-order valence-corrected chi connectivity index (χ1v) is 8.40. The molecule has 0 spiro atoms.